The number of amides is 1. The molecule has 128 valence electrons. The van der Waals surface area contributed by atoms with Crippen LogP contribution in [-0.4, -0.2) is 20.9 Å². The number of nitrogens with zero attached hydrogens (tertiary/aromatic N) is 2. The van der Waals surface area contributed by atoms with Gasteiger partial charge < -0.3 is 16.5 Å². The van der Waals surface area contributed by atoms with E-state index < -0.39 is 5.91 Å². The average molecular weight is 408 g/mol. The van der Waals surface area contributed by atoms with Gasteiger partial charge in [-0.3, -0.25) is 4.79 Å². The molecule has 4 rings (SSSR count). The Hall–Kier alpha value is -3.19. The highest BCUT2D eigenvalue weighted by atomic mass is 79.9. The van der Waals surface area contributed by atoms with E-state index in [1.807, 2.05) is 36.5 Å². The first-order valence-corrected chi connectivity index (χ1v) is 8.62. The smallest absolute Gasteiger partial charge is 0.248 e. The summed E-state index contributed by atoms with van der Waals surface area (Å²) in [4.78, 5) is 23.2. The van der Waals surface area contributed by atoms with Gasteiger partial charge in [0.15, 0.2) is 0 Å². The first-order chi connectivity index (χ1) is 12.5. The number of nitrogens with two attached hydrogens (primary N) is 2. The van der Waals surface area contributed by atoms with Crippen molar-refractivity contribution in [1.29, 1.82) is 0 Å². The van der Waals surface area contributed by atoms with E-state index in [-0.39, 0.29) is 5.95 Å². The van der Waals surface area contributed by atoms with Crippen LogP contribution in [0.4, 0.5) is 5.95 Å². The number of nitrogen functional groups attached to an aromatic ring is 1. The average Bonchev–Trinajstić information content (AvgIpc) is 3.07. The van der Waals surface area contributed by atoms with Crippen LogP contribution < -0.4 is 11.5 Å². The summed E-state index contributed by atoms with van der Waals surface area (Å²) in [6, 6.07) is 13.0. The largest absolute Gasteiger partial charge is 0.368 e. The van der Waals surface area contributed by atoms with Crippen LogP contribution in [0.1, 0.15) is 10.4 Å². The molecule has 0 aliphatic rings. The number of hydrogen-bond donors (Lipinski definition) is 3. The SMILES string of the molecule is NC(=O)c1ccc(-c2cnc(N)nc2-c2c[nH]c3c(Br)cccc23)cc1. The second-order valence-electron chi connectivity index (χ2n) is 5.80. The fourth-order valence-electron chi connectivity index (χ4n) is 2.94. The summed E-state index contributed by atoms with van der Waals surface area (Å²) in [5, 5.41) is 1.02. The summed E-state index contributed by atoms with van der Waals surface area (Å²) in [7, 11) is 0. The van der Waals surface area contributed by atoms with Gasteiger partial charge in [0.1, 0.15) is 0 Å². The zero-order valence-corrected chi connectivity index (χ0v) is 15.1. The van der Waals surface area contributed by atoms with Gasteiger partial charge in [0.25, 0.3) is 0 Å². The zero-order chi connectivity index (χ0) is 18.3. The minimum absolute atomic E-state index is 0.196. The Morgan fingerprint density at radius 2 is 1.85 bits per heavy atom. The van der Waals surface area contributed by atoms with Crippen molar-refractivity contribution in [2.24, 2.45) is 5.73 Å². The van der Waals surface area contributed by atoms with Crippen LogP contribution >= 0.6 is 15.9 Å². The molecular formula is C19H14BrN5O. The second kappa shape index (κ2) is 6.27. The number of nitrogens with one attached hydrogen (secondary N) is 1. The lowest BCUT2D eigenvalue weighted by atomic mass is 9.99. The number of anilines is 1. The Kier molecular flexibility index (Phi) is 3.93. The summed E-state index contributed by atoms with van der Waals surface area (Å²) in [6.45, 7) is 0. The van der Waals surface area contributed by atoms with Crippen molar-refractivity contribution in [2.45, 2.75) is 0 Å². The monoisotopic (exact) mass is 407 g/mol. The number of para-hydroxylation sites is 1. The molecule has 2 aromatic heterocycles. The molecule has 0 bridgehead atoms. The number of primary amides is 1. The Morgan fingerprint density at radius 3 is 2.58 bits per heavy atom. The molecule has 2 heterocycles. The highest BCUT2D eigenvalue weighted by molar-refractivity contribution is 9.10. The highest BCUT2D eigenvalue weighted by Crippen LogP contribution is 2.36. The quantitative estimate of drug-likeness (QED) is 0.480. The summed E-state index contributed by atoms with van der Waals surface area (Å²) in [6.07, 6.45) is 3.59. The molecule has 0 saturated heterocycles. The number of rotatable bonds is 3. The molecule has 5 N–H and O–H groups in total. The molecule has 7 heteroatoms. The molecule has 0 atom stereocenters. The molecule has 0 radical (unpaired) electrons. The Labute approximate surface area is 157 Å². The number of H-pyrrole nitrogens is 1. The lowest BCUT2D eigenvalue weighted by molar-refractivity contribution is 0.100. The lowest BCUT2D eigenvalue weighted by Crippen LogP contribution is -2.10. The maximum Gasteiger partial charge on any atom is 0.248 e. The molecular weight excluding hydrogens is 394 g/mol. The third-order valence-corrected chi connectivity index (χ3v) is 4.87. The van der Waals surface area contributed by atoms with Crippen molar-refractivity contribution in [1.82, 2.24) is 15.0 Å². The zero-order valence-electron chi connectivity index (χ0n) is 13.5. The van der Waals surface area contributed by atoms with Gasteiger partial charge in [0, 0.05) is 38.9 Å². The first-order valence-electron chi connectivity index (χ1n) is 7.83. The van der Waals surface area contributed by atoms with Gasteiger partial charge in [-0.25, -0.2) is 9.97 Å². The van der Waals surface area contributed by atoms with Crippen LogP contribution in [0.2, 0.25) is 0 Å². The second-order valence-corrected chi connectivity index (χ2v) is 6.65. The fourth-order valence-corrected chi connectivity index (χ4v) is 3.42. The third kappa shape index (κ3) is 2.72. The van der Waals surface area contributed by atoms with E-state index in [0.29, 0.717) is 11.3 Å². The lowest BCUT2D eigenvalue weighted by Gasteiger charge is -2.09. The van der Waals surface area contributed by atoms with Crippen LogP contribution in [0.15, 0.2) is 59.3 Å². The van der Waals surface area contributed by atoms with Crippen molar-refractivity contribution in [3.05, 3.63) is 64.9 Å². The maximum absolute atomic E-state index is 11.3. The molecule has 0 aliphatic carbocycles. The minimum Gasteiger partial charge on any atom is -0.368 e. The molecule has 4 aromatic rings. The Morgan fingerprint density at radius 1 is 1.08 bits per heavy atom. The van der Waals surface area contributed by atoms with E-state index in [0.717, 1.165) is 32.1 Å². The number of halogens is 1. The molecule has 1 amide bonds. The molecule has 6 nitrogen and oxygen atoms in total. The van der Waals surface area contributed by atoms with Gasteiger partial charge in [-0.05, 0) is 39.7 Å². The van der Waals surface area contributed by atoms with E-state index in [1.54, 1.807) is 18.3 Å². The van der Waals surface area contributed by atoms with Crippen LogP contribution in [0.3, 0.4) is 0 Å². The van der Waals surface area contributed by atoms with Crippen molar-refractivity contribution in [2.75, 3.05) is 5.73 Å². The number of fused-ring (bicyclic) bond motifs is 1. The van der Waals surface area contributed by atoms with E-state index >= 15 is 0 Å². The van der Waals surface area contributed by atoms with Crippen LogP contribution in [-0.2, 0) is 0 Å². The third-order valence-electron chi connectivity index (χ3n) is 4.21. The van der Waals surface area contributed by atoms with Crippen LogP contribution in [0, 0.1) is 0 Å². The molecule has 0 saturated carbocycles. The number of aromatic nitrogens is 3. The number of aromatic amines is 1. The fraction of sp³-hybridized carbons (Fsp3) is 0. The molecule has 0 aliphatic heterocycles. The van der Waals surface area contributed by atoms with Crippen molar-refractivity contribution >= 4 is 38.7 Å². The molecule has 26 heavy (non-hydrogen) atoms. The Bertz CT molecular complexity index is 1130. The van der Waals surface area contributed by atoms with Gasteiger partial charge in [0.05, 0.1) is 11.2 Å². The predicted octanol–water partition coefficient (Wildman–Crippen LogP) is 3.74. The van der Waals surface area contributed by atoms with Crippen molar-refractivity contribution in [3.63, 3.8) is 0 Å². The summed E-state index contributed by atoms with van der Waals surface area (Å²) in [5.41, 5.74) is 15.9. The van der Waals surface area contributed by atoms with E-state index in [2.05, 4.69) is 30.9 Å². The number of benzene rings is 2. The minimum atomic E-state index is -0.466. The summed E-state index contributed by atoms with van der Waals surface area (Å²) >= 11 is 3.55. The van der Waals surface area contributed by atoms with Crippen LogP contribution in [0.5, 0.6) is 0 Å². The predicted molar refractivity (Wildman–Crippen MR) is 105 cm³/mol. The van der Waals surface area contributed by atoms with Gasteiger partial charge in [0.2, 0.25) is 11.9 Å². The van der Waals surface area contributed by atoms with E-state index in [9.17, 15) is 4.79 Å². The summed E-state index contributed by atoms with van der Waals surface area (Å²) in [5.74, 6) is -0.270. The molecule has 0 unspecified atom stereocenters. The maximum atomic E-state index is 11.3. The van der Waals surface area contributed by atoms with Gasteiger partial charge in [-0.15, -0.1) is 0 Å². The number of carbonyl (C=O) groups is 1. The number of hydrogen-bond acceptors (Lipinski definition) is 4. The van der Waals surface area contributed by atoms with E-state index in [4.69, 9.17) is 11.5 Å². The van der Waals surface area contributed by atoms with E-state index in [1.165, 1.54) is 0 Å². The highest BCUT2D eigenvalue weighted by Gasteiger charge is 2.16. The normalized spacial score (nSPS) is 11.0. The molecule has 0 spiro atoms. The number of carbonyl (C=O) groups excluding carboxylic acids is 1. The van der Waals surface area contributed by atoms with Gasteiger partial charge in [-0.2, -0.15) is 0 Å². The van der Waals surface area contributed by atoms with Crippen molar-refractivity contribution in [3.8, 4) is 22.4 Å². The first kappa shape index (κ1) is 16.3. The summed E-state index contributed by atoms with van der Waals surface area (Å²) < 4.78 is 0.968. The van der Waals surface area contributed by atoms with Crippen molar-refractivity contribution < 1.29 is 4.79 Å². The standard InChI is InChI=1S/C19H14BrN5O/c20-15-3-1-2-12-14(9-23-17(12)15)16-13(8-24-19(22)25-16)10-4-6-11(7-5-10)18(21)26/h1-9,23H,(H2,21,26)(H2,22,24,25). The Balaban J connectivity index is 1.93. The topological polar surface area (TPSA) is 111 Å². The van der Waals surface area contributed by atoms with Gasteiger partial charge >= 0.3 is 0 Å². The molecule has 0 fully saturated rings. The van der Waals surface area contributed by atoms with Crippen LogP contribution in [0.25, 0.3) is 33.3 Å². The van der Waals surface area contributed by atoms with Gasteiger partial charge in [-0.1, -0.05) is 24.3 Å². The molecule has 2 aromatic carbocycles.